The molecule has 0 radical (unpaired) electrons. The summed E-state index contributed by atoms with van der Waals surface area (Å²) in [4.78, 5) is 19.9. The van der Waals surface area contributed by atoms with Crippen LogP contribution in [0.1, 0.15) is 12.5 Å². The number of rotatable bonds is 6. The Kier molecular flexibility index (Phi) is 6.90. The maximum Gasteiger partial charge on any atom is 0.250 e. The molecule has 0 unspecified atom stereocenters. The molecule has 11 heteroatoms. The average Bonchev–Trinajstić information content (AvgIpc) is 3.25. The number of nitrogens with one attached hydrogen (secondary N) is 1. The second-order valence-electron chi connectivity index (χ2n) is 9.17. The van der Waals surface area contributed by atoms with Gasteiger partial charge >= 0.3 is 0 Å². The fraction of sp³-hybridized carbons (Fsp3) is 0.0667. The lowest BCUT2D eigenvalue weighted by atomic mass is 9.97. The van der Waals surface area contributed by atoms with E-state index in [1.165, 1.54) is 49.5 Å². The van der Waals surface area contributed by atoms with Crippen molar-refractivity contribution in [3.63, 3.8) is 0 Å². The minimum Gasteiger partial charge on any atom is -0.436 e. The molecule has 3 N–H and O–H groups in total. The number of amides is 1. The van der Waals surface area contributed by atoms with Crippen molar-refractivity contribution >= 4 is 28.3 Å². The van der Waals surface area contributed by atoms with E-state index in [0.717, 1.165) is 18.3 Å². The number of nitriles is 1. The number of nitrogen functional groups attached to an aromatic ring is 1. The SMILES string of the molecule is C=C(C)C(=O)Nc1ccc(-c2c(-c3ccc(Oc4ccc(F)cn4)c(F)c3)c3c(N)ncc(C#N)c3n2C)c(F)c1. The Labute approximate surface area is 232 Å². The molecule has 0 atom stereocenters. The Morgan fingerprint density at radius 2 is 1.85 bits per heavy atom. The Hall–Kier alpha value is -5.63. The number of benzene rings is 2. The highest BCUT2D eigenvalue weighted by molar-refractivity contribution is 6.11. The predicted molar refractivity (Wildman–Crippen MR) is 148 cm³/mol. The Morgan fingerprint density at radius 1 is 1.07 bits per heavy atom. The van der Waals surface area contributed by atoms with Gasteiger partial charge in [-0.2, -0.15) is 5.26 Å². The normalized spacial score (nSPS) is 10.8. The Balaban J connectivity index is 1.70. The first-order valence-corrected chi connectivity index (χ1v) is 12.1. The van der Waals surface area contributed by atoms with Crippen molar-refractivity contribution in [3.05, 3.63) is 96.1 Å². The minimum atomic E-state index is -0.780. The Morgan fingerprint density at radius 3 is 2.49 bits per heavy atom. The summed E-state index contributed by atoms with van der Waals surface area (Å²) >= 11 is 0. The van der Waals surface area contributed by atoms with Crippen LogP contribution in [0.5, 0.6) is 11.6 Å². The molecule has 5 aromatic rings. The largest absolute Gasteiger partial charge is 0.436 e. The molecule has 3 heterocycles. The number of aromatic nitrogens is 3. The summed E-state index contributed by atoms with van der Waals surface area (Å²) in [6.45, 7) is 5.10. The first-order chi connectivity index (χ1) is 19.6. The van der Waals surface area contributed by atoms with E-state index in [9.17, 15) is 14.4 Å². The van der Waals surface area contributed by atoms with Crippen molar-refractivity contribution < 1.29 is 22.7 Å². The second-order valence-corrected chi connectivity index (χ2v) is 9.17. The summed E-state index contributed by atoms with van der Waals surface area (Å²) in [7, 11) is 1.63. The number of aryl methyl sites for hydroxylation is 1. The van der Waals surface area contributed by atoms with Crippen LogP contribution in [0.3, 0.4) is 0 Å². The molecule has 0 aliphatic rings. The van der Waals surface area contributed by atoms with E-state index in [4.69, 9.17) is 10.5 Å². The molecule has 0 bridgehead atoms. The summed E-state index contributed by atoms with van der Waals surface area (Å²) < 4.78 is 51.3. The van der Waals surface area contributed by atoms with Gasteiger partial charge in [0.25, 0.3) is 5.91 Å². The first kappa shape index (κ1) is 27.0. The number of anilines is 2. The number of hydrogen-bond donors (Lipinski definition) is 2. The van der Waals surface area contributed by atoms with Gasteiger partial charge in [0.15, 0.2) is 11.6 Å². The van der Waals surface area contributed by atoms with Gasteiger partial charge in [-0.3, -0.25) is 4.79 Å². The summed E-state index contributed by atoms with van der Waals surface area (Å²) in [6.07, 6.45) is 2.25. The number of nitrogens with zero attached hydrogens (tertiary/aromatic N) is 4. The van der Waals surface area contributed by atoms with Gasteiger partial charge in [-0.05, 0) is 48.9 Å². The van der Waals surface area contributed by atoms with Crippen LogP contribution in [0.2, 0.25) is 0 Å². The molecule has 0 fully saturated rings. The van der Waals surface area contributed by atoms with Crippen LogP contribution >= 0.6 is 0 Å². The van der Waals surface area contributed by atoms with E-state index >= 15 is 8.78 Å². The molecule has 0 saturated carbocycles. The molecule has 3 aromatic heterocycles. The monoisotopic (exact) mass is 554 g/mol. The summed E-state index contributed by atoms with van der Waals surface area (Å²) in [5.74, 6) is -2.65. The van der Waals surface area contributed by atoms with Crippen LogP contribution in [0.4, 0.5) is 24.7 Å². The molecule has 2 aromatic carbocycles. The highest BCUT2D eigenvalue weighted by Gasteiger charge is 2.26. The molecule has 8 nitrogen and oxygen atoms in total. The number of carbonyl (C=O) groups excluding carboxylic acids is 1. The number of carbonyl (C=O) groups is 1. The van der Waals surface area contributed by atoms with E-state index in [0.29, 0.717) is 27.7 Å². The van der Waals surface area contributed by atoms with Crippen LogP contribution in [0.15, 0.2) is 73.1 Å². The zero-order valence-corrected chi connectivity index (χ0v) is 21.8. The van der Waals surface area contributed by atoms with Crippen LogP contribution in [-0.4, -0.2) is 20.4 Å². The second kappa shape index (κ2) is 10.5. The van der Waals surface area contributed by atoms with Crippen molar-refractivity contribution in [3.8, 4) is 40.1 Å². The lowest BCUT2D eigenvalue weighted by Gasteiger charge is -2.13. The summed E-state index contributed by atoms with van der Waals surface area (Å²) in [5, 5.41) is 12.7. The molecule has 0 saturated heterocycles. The topological polar surface area (TPSA) is 119 Å². The number of fused-ring (bicyclic) bond motifs is 1. The molecule has 204 valence electrons. The number of nitrogens with two attached hydrogens (primary N) is 1. The molecule has 41 heavy (non-hydrogen) atoms. The highest BCUT2D eigenvalue weighted by atomic mass is 19.1. The van der Waals surface area contributed by atoms with Gasteiger partial charge in [-0.15, -0.1) is 0 Å². The van der Waals surface area contributed by atoms with Crippen molar-refractivity contribution in [2.45, 2.75) is 6.92 Å². The smallest absolute Gasteiger partial charge is 0.250 e. The van der Waals surface area contributed by atoms with Gasteiger partial charge in [0.05, 0.1) is 28.4 Å². The van der Waals surface area contributed by atoms with Gasteiger partial charge in [0, 0.05) is 41.7 Å². The molecule has 1 amide bonds. The van der Waals surface area contributed by atoms with Crippen LogP contribution in [0, 0.1) is 28.8 Å². The maximum absolute atomic E-state index is 15.7. The zero-order valence-electron chi connectivity index (χ0n) is 21.8. The van der Waals surface area contributed by atoms with E-state index < -0.39 is 23.4 Å². The third-order valence-electron chi connectivity index (χ3n) is 6.36. The van der Waals surface area contributed by atoms with Crippen LogP contribution in [0.25, 0.3) is 33.3 Å². The third kappa shape index (κ3) is 4.94. The van der Waals surface area contributed by atoms with Crippen LogP contribution in [-0.2, 0) is 11.8 Å². The molecule has 0 aliphatic carbocycles. The standard InChI is InChI=1S/C30H21F3N6O2/c1-15(2)30(40)38-19-6-7-20(21(32)11-19)28-25(26-27(39(28)3)17(12-34)13-37-29(26)35)16-4-8-23(22(33)10-16)41-24-9-5-18(31)14-36-24/h4-11,13-14H,1H2,2-3H3,(H2,35,37)(H,38,40). The lowest BCUT2D eigenvalue weighted by Crippen LogP contribution is -2.12. The Bertz CT molecular complexity index is 1910. The number of ether oxygens (including phenoxy) is 1. The third-order valence-corrected chi connectivity index (χ3v) is 6.36. The zero-order chi connectivity index (χ0) is 29.4. The van der Waals surface area contributed by atoms with Crippen molar-refractivity contribution in [1.29, 1.82) is 5.26 Å². The van der Waals surface area contributed by atoms with E-state index in [-0.39, 0.29) is 39.8 Å². The molecular formula is C30H21F3N6O2. The molecule has 0 spiro atoms. The van der Waals surface area contributed by atoms with E-state index in [1.807, 2.05) is 0 Å². The fourth-order valence-electron chi connectivity index (χ4n) is 4.48. The quantitative estimate of drug-likeness (QED) is 0.232. The molecule has 0 aliphatic heterocycles. The number of pyridine rings is 2. The summed E-state index contributed by atoms with van der Waals surface area (Å²) in [6, 6.07) is 12.7. The lowest BCUT2D eigenvalue weighted by molar-refractivity contribution is -0.112. The maximum atomic E-state index is 15.7. The van der Waals surface area contributed by atoms with E-state index in [2.05, 4.69) is 27.9 Å². The van der Waals surface area contributed by atoms with E-state index in [1.54, 1.807) is 11.6 Å². The van der Waals surface area contributed by atoms with Crippen molar-refractivity contribution in [2.24, 2.45) is 7.05 Å². The minimum absolute atomic E-state index is 0.0168. The predicted octanol–water partition coefficient (Wildman–Crippen LogP) is 6.48. The first-order valence-electron chi connectivity index (χ1n) is 12.1. The molecular weight excluding hydrogens is 533 g/mol. The van der Waals surface area contributed by atoms with Gasteiger partial charge < -0.3 is 20.4 Å². The van der Waals surface area contributed by atoms with Gasteiger partial charge in [0.1, 0.15) is 23.5 Å². The highest BCUT2D eigenvalue weighted by Crippen LogP contribution is 2.45. The van der Waals surface area contributed by atoms with Crippen molar-refractivity contribution in [1.82, 2.24) is 14.5 Å². The number of halogens is 3. The summed E-state index contributed by atoms with van der Waals surface area (Å²) in [5.41, 5.74) is 8.30. The van der Waals surface area contributed by atoms with Gasteiger partial charge in [-0.1, -0.05) is 12.6 Å². The average molecular weight is 555 g/mol. The van der Waals surface area contributed by atoms with Crippen molar-refractivity contribution in [2.75, 3.05) is 11.1 Å². The van der Waals surface area contributed by atoms with Crippen LogP contribution < -0.4 is 15.8 Å². The molecule has 5 rings (SSSR count). The van der Waals surface area contributed by atoms with Gasteiger partial charge in [0.2, 0.25) is 5.88 Å². The van der Waals surface area contributed by atoms with Gasteiger partial charge in [-0.25, -0.2) is 23.1 Å². The number of hydrogen-bond acceptors (Lipinski definition) is 6. The fourth-order valence-corrected chi connectivity index (χ4v) is 4.48.